The molecule has 0 N–H and O–H groups in total. The highest BCUT2D eigenvalue weighted by Gasteiger charge is 2.51. The SMILES string of the molecule is CCOC(C)(OCC)OC(=O)C1CCC2CCCCC2C1C(=O)OC(C)(OCC)OCC. The number of carbonyl (C=O) groups excluding carboxylic acids is 2. The quantitative estimate of drug-likeness (QED) is 0.314. The Kier molecular flexibility index (Phi) is 10.4. The van der Waals surface area contributed by atoms with Crippen molar-refractivity contribution >= 4 is 11.9 Å². The Morgan fingerprint density at radius 2 is 1.16 bits per heavy atom. The van der Waals surface area contributed by atoms with Crippen molar-refractivity contribution in [3.05, 3.63) is 0 Å². The number of esters is 2. The normalized spacial score (nSPS) is 26.3. The van der Waals surface area contributed by atoms with Crippen molar-refractivity contribution in [2.45, 2.75) is 92.0 Å². The minimum Gasteiger partial charge on any atom is -0.408 e. The van der Waals surface area contributed by atoms with Crippen molar-refractivity contribution in [3.8, 4) is 0 Å². The molecule has 0 aliphatic heterocycles. The molecule has 0 aromatic heterocycles. The van der Waals surface area contributed by atoms with E-state index in [-0.39, 0.29) is 5.92 Å². The van der Waals surface area contributed by atoms with Gasteiger partial charge in [0.25, 0.3) is 0 Å². The van der Waals surface area contributed by atoms with Crippen molar-refractivity contribution in [2.75, 3.05) is 26.4 Å². The van der Waals surface area contributed by atoms with Gasteiger partial charge in [-0.2, -0.15) is 0 Å². The van der Waals surface area contributed by atoms with Crippen molar-refractivity contribution in [2.24, 2.45) is 23.7 Å². The third-order valence-electron chi connectivity index (χ3n) is 6.48. The average molecular weight is 459 g/mol. The first-order valence-electron chi connectivity index (χ1n) is 12.2. The van der Waals surface area contributed by atoms with Crippen LogP contribution >= 0.6 is 0 Å². The Labute approximate surface area is 192 Å². The topological polar surface area (TPSA) is 89.5 Å². The number of hydrogen-bond acceptors (Lipinski definition) is 8. The second kappa shape index (κ2) is 12.3. The molecule has 0 amide bonds. The highest BCUT2D eigenvalue weighted by Crippen LogP contribution is 2.48. The van der Waals surface area contributed by atoms with Crippen LogP contribution in [-0.2, 0) is 38.0 Å². The molecule has 8 nitrogen and oxygen atoms in total. The van der Waals surface area contributed by atoms with E-state index in [2.05, 4.69) is 0 Å². The average Bonchev–Trinajstić information content (AvgIpc) is 2.73. The van der Waals surface area contributed by atoms with Crippen molar-refractivity contribution in [1.29, 1.82) is 0 Å². The van der Waals surface area contributed by atoms with E-state index in [1.54, 1.807) is 27.7 Å². The molecule has 0 aromatic rings. The molecule has 8 heteroatoms. The first-order chi connectivity index (χ1) is 15.2. The van der Waals surface area contributed by atoms with Gasteiger partial charge in [-0.1, -0.05) is 19.3 Å². The van der Waals surface area contributed by atoms with E-state index < -0.39 is 35.7 Å². The van der Waals surface area contributed by atoms with Crippen molar-refractivity contribution in [3.63, 3.8) is 0 Å². The van der Waals surface area contributed by atoms with E-state index in [0.29, 0.717) is 38.8 Å². The predicted octanol–water partition coefficient (Wildman–Crippen LogP) is 4.40. The Bertz CT molecular complexity index is 595. The second-order valence-corrected chi connectivity index (χ2v) is 8.72. The summed E-state index contributed by atoms with van der Waals surface area (Å²) in [5.74, 6) is -4.70. The van der Waals surface area contributed by atoms with Gasteiger partial charge < -0.3 is 28.4 Å². The number of carbonyl (C=O) groups is 2. The van der Waals surface area contributed by atoms with Crippen molar-refractivity contribution < 1.29 is 38.0 Å². The lowest BCUT2D eigenvalue weighted by molar-refractivity contribution is -0.356. The third kappa shape index (κ3) is 6.89. The Morgan fingerprint density at radius 3 is 1.66 bits per heavy atom. The molecule has 0 aromatic carbocycles. The van der Waals surface area contributed by atoms with Gasteiger partial charge in [-0.25, -0.2) is 0 Å². The van der Waals surface area contributed by atoms with E-state index in [1.807, 2.05) is 13.8 Å². The number of ether oxygens (including phenoxy) is 6. The fourth-order valence-corrected chi connectivity index (χ4v) is 5.30. The molecule has 186 valence electrons. The molecular formula is C24H42O8. The molecule has 0 saturated heterocycles. The summed E-state index contributed by atoms with van der Waals surface area (Å²) in [5.41, 5.74) is 0. The molecule has 0 heterocycles. The van der Waals surface area contributed by atoms with E-state index in [1.165, 1.54) is 0 Å². The smallest absolute Gasteiger partial charge is 0.326 e. The van der Waals surface area contributed by atoms with Crippen LogP contribution in [0.1, 0.15) is 80.1 Å². The highest BCUT2D eigenvalue weighted by molar-refractivity contribution is 5.83. The van der Waals surface area contributed by atoms with Gasteiger partial charge in [0, 0.05) is 13.8 Å². The van der Waals surface area contributed by atoms with Crippen LogP contribution in [0.3, 0.4) is 0 Å². The van der Waals surface area contributed by atoms with Crippen LogP contribution in [0.5, 0.6) is 0 Å². The van der Waals surface area contributed by atoms with Gasteiger partial charge in [0.15, 0.2) is 0 Å². The maximum atomic E-state index is 13.5. The van der Waals surface area contributed by atoms with Crippen LogP contribution in [0, 0.1) is 23.7 Å². The summed E-state index contributed by atoms with van der Waals surface area (Å²) in [4.78, 5) is 26.8. The molecule has 0 spiro atoms. The summed E-state index contributed by atoms with van der Waals surface area (Å²) >= 11 is 0. The van der Waals surface area contributed by atoms with Crippen LogP contribution in [0.2, 0.25) is 0 Å². The molecule has 4 unspecified atom stereocenters. The maximum Gasteiger partial charge on any atom is 0.326 e. The van der Waals surface area contributed by atoms with Gasteiger partial charge >= 0.3 is 23.9 Å². The molecule has 2 aliphatic carbocycles. The van der Waals surface area contributed by atoms with Gasteiger partial charge in [0.05, 0.1) is 38.3 Å². The van der Waals surface area contributed by atoms with Crippen LogP contribution in [0.4, 0.5) is 0 Å². The van der Waals surface area contributed by atoms with E-state index in [4.69, 9.17) is 28.4 Å². The molecular weight excluding hydrogens is 416 g/mol. The fourth-order valence-electron chi connectivity index (χ4n) is 5.30. The third-order valence-corrected chi connectivity index (χ3v) is 6.48. The van der Waals surface area contributed by atoms with Gasteiger partial charge in [-0.3, -0.25) is 9.59 Å². The zero-order valence-electron chi connectivity index (χ0n) is 20.6. The monoisotopic (exact) mass is 458 g/mol. The first kappa shape index (κ1) is 27.0. The Balaban J connectivity index is 2.27. The predicted molar refractivity (Wildman–Crippen MR) is 117 cm³/mol. The summed E-state index contributed by atoms with van der Waals surface area (Å²) in [6.45, 7) is 11.7. The van der Waals surface area contributed by atoms with Crippen LogP contribution < -0.4 is 0 Å². The lowest BCUT2D eigenvalue weighted by atomic mass is 9.61. The molecule has 2 saturated carbocycles. The largest absolute Gasteiger partial charge is 0.408 e. The van der Waals surface area contributed by atoms with Gasteiger partial charge in [0.1, 0.15) is 0 Å². The second-order valence-electron chi connectivity index (χ2n) is 8.72. The van der Waals surface area contributed by atoms with E-state index in [9.17, 15) is 9.59 Å². The molecule has 0 radical (unpaired) electrons. The lowest BCUT2D eigenvalue weighted by Gasteiger charge is -2.44. The zero-order valence-corrected chi connectivity index (χ0v) is 20.6. The summed E-state index contributed by atoms with van der Waals surface area (Å²) in [7, 11) is 0. The van der Waals surface area contributed by atoms with Crippen LogP contribution in [0.15, 0.2) is 0 Å². The van der Waals surface area contributed by atoms with Crippen molar-refractivity contribution in [1.82, 2.24) is 0 Å². The first-order valence-corrected chi connectivity index (χ1v) is 12.2. The minimum atomic E-state index is -1.48. The molecule has 0 bridgehead atoms. The Morgan fingerprint density at radius 1 is 0.688 bits per heavy atom. The molecule has 32 heavy (non-hydrogen) atoms. The minimum absolute atomic E-state index is 0.0699. The fraction of sp³-hybridized carbons (Fsp3) is 0.917. The summed E-state index contributed by atoms with van der Waals surface area (Å²) in [5, 5.41) is 0. The number of fused-ring (bicyclic) bond motifs is 1. The van der Waals surface area contributed by atoms with Gasteiger partial charge in [-0.05, 0) is 58.8 Å². The molecule has 2 rings (SSSR count). The Hall–Kier alpha value is -1.22. The standard InChI is InChI=1S/C24H42O8/c1-7-27-23(5,28-8-2)31-21(25)19-16-15-17-13-11-12-14-18(17)20(19)22(26)32-24(6,29-9-3)30-10-4/h17-20H,7-16H2,1-6H3. The molecule has 2 aliphatic rings. The number of rotatable bonds is 12. The summed E-state index contributed by atoms with van der Waals surface area (Å²) in [6, 6.07) is 0. The molecule has 2 fully saturated rings. The zero-order chi connectivity index (χ0) is 23.8. The van der Waals surface area contributed by atoms with Gasteiger partial charge in [0.2, 0.25) is 0 Å². The highest BCUT2D eigenvalue weighted by atomic mass is 16.9. The maximum absolute atomic E-state index is 13.5. The molecule has 4 atom stereocenters. The summed E-state index contributed by atoms with van der Waals surface area (Å²) in [6.07, 6.45) is 5.61. The van der Waals surface area contributed by atoms with Crippen LogP contribution in [0.25, 0.3) is 0 Å². The van der Waals surface area contributed by atoms with Gasteiger partial charge in [-0.15, -0.1) is 0 Å². The van der Waals surface area contributed by atoms with E-state index >= 15 is 0 Å². The number of hydrogen-bond donors (Lipinski definition) is 0. The lowest BCUT2D eigenvalue weighted by Crippen LogP contribution is -2.50. The van der Waals surface area contributed by atoms with Crippen LogP contribution in [-0.4, -0.2) is 50.3 Å². The summed E-state index contributed by atoms with van der Waals surface area (Å²) < 4.78 is 33.7. The van der Waals surface area contributed by atoms with E-state index in [0.717, 1.165) is 32.1 Å².